The van der Waals surface area contributed by atoms with Crippen molar-refractivity contribution in [3.05, 3.63) is 94.6 Å². The van der Waals surface area contributed by atoms with Gasteiger partial charge in [-0.05, 0) is 82.0 Å². The molecular weight excluding hydrogens is 641 g/mol. The third-order valence-corrected chi connectivity index (χ3v) is 11.0. The number of nitrogens with one attached hydrogen (secondary N) is 4. The summed E-state index contributed by atoms with van der Waals surface area (Å²) < 4.78 is -0.697. The lowest BCUT2D eigenvalue weighted by Gasteiger charge is -2.34. The SMILES string of the molecule is CN[C@@H](C)C(=O)N[C@H](C(=O)N[C@@H](Cc1ccc(C2(C(N)=O)C=CC(C(N)=O)=CC2)cc1)C(=O)N[C@@H]1CCCc2ccccc21)C(C)(C)SC. The molecule has 49 heavy (non-hydrogen) atoms. The van der Waals surface area contributed by atoms with Gasteiger partial charge in [-0.3, -0.25) is 24.0 Å². The quantitative estimate of drug-likeness (QED) is 0.176. The minimum absolute atomic E-state index is 0.143. The summed E-state index contributed by atoms with van der Waals surface area (Å²) in [6, 6.07) is 12.5. The molecule has 0 bridgehead atoms. The molecule has 2 aromatic carbocycles. The Kier molecular flexibility index (Phi) is 12.1. The van der Waals surface area contributed by atoms with Crippen LogP contribution in [0.4, 0.5) is 0 Å². The molecule has 0 aliphatic heterocycles. The number of rotatable bonds is 14. The summed E-state index contributed by atoms with van der Waals surface area (Å²) in [6.45, 7) is 5.44. The second-order valence-corrected chi connectivity index (χ2v) is 14.7. The van der Waals surface area contributed by atoms with Crippen molar-refractivity contribution in [2.24, 2.45) is 11.5 Å². The fraction of sp³-hybridized carbons (Fsp3) is 0.432. The number of likely N-dealkylation sites (N-methyl/N-ethyl adjacent to an activating group) is 1. The van der Waals surface area contributed by atoms with E-state index in [1.807, 2.05) is 38.3 Å². The molecule has 1 unspecified atom stereocenters. The fourth-order valence-corrected chi connectivity index (χ4v) is 6.65. The third kappa shape index (κ3) is 8.60. The van der Waals surface area contributed by atoms with E-state index >= 15 is 0 Å². The van der Waals surface area contributed by atoms with Crippen LogP contribution in [0, 0.1) is 0 Å². The van der Waals surface area contributed by atoms with Crippen molar-refractivity contribution in [1.29, 1.82) is 0 Å². The summed E-state index contributed by atoms with van der Waals surface area (Å²) in [7, 11) is 1.67. The first kappa shape index (κ1) is 37.4. The van der Waals surface area contributed by atoms with E-state index in [1.165, 1.54) is 23.4 Å². The normalized spacial score (nSPS) is 20.5. The third-order valence-electron chi connectivity index (χ3n) is 9.74. The molecule has 12 heteroatoms. The molecule has 0 spiro atoms. The number of fused-ring (bicyclic) bond motifs is 1. The maximum absolute atomic E-state index is 14.1. The van der Waals surface area contributed by atoms with E-state index < -0.39 is 46.0 Å². The zero-order valence-corrected chi connectivity index (χ0v) is 29.6. The molecule has 0 heterocycles. The number of allylic oxidation sites excluding steroid dienone is 1. The van der Waals surface area contributed by atoms with Crippen molar-refractivity contribution >= 4 is 41.3 Å². The lowest BCUT2D eigenvalue weighted by molar-refractivity contribution is -0.133. The Morgan fingerprint density at radius 2 is 1.67 bits per heavy atom. The highest BCUT2D eigenvalue weighted by Crippen LogP contribution is 2.35. The van der Waals surface area contributed by atoms with Crippen molar-refractivity contribution in [3.8, 4) is 0 Å². The Morgan fingerprint density at radius 3 is 2.27 bits per heavy atom. The molecule has 2 aromatic rings. The van der Waals surface area contributed by atoms with Gasteiger partial charge < -0.3 is 32.7 Å². The number of thioether (sulfide) groups is 1. The number of carbonyl (C=O) groups excluding carboxylic acids is 5. The van der Waals surface area contributed by atoms with E-state index in [-0.39, 0.29) is 30.7 Å². The van der Waals surface area contributed by atoms with E-state index in [4.69, 9.17) is 11.5 Å². The predicted octanol–water partition coefficient (Wildman–Crippen LogP) is 2.24. The van der Waals surface area contributed by atoms with Gasteiger partial charge in [-0.1, -0.05) is 66.8 Å². The molecule has 0 saturated heterocycles. The summed E-state index contributed by atoms with van der Waals surface area (Å²) >= 11 is 1.43. The summed E-state index contributed by atoms with van der Waals surface area (Å²) in [4.78, 5) is 65.4. The van der Waals surface area contributed by atoms with E-state index in [0.717, 1.165) is 30.4 Å². The van der Waals surface area contributed by atoms with Gasteiger partial charge >= 0.3 is 0 Å². The lowest BCUT2D eigenvalue weighted by atomic mass is 9.73. The highest BCUT2D eigenvalue weighted by atomic mass is 32.2. The number of hydrogen-bond acceptors (Lipinski definition) is 7. The van der Waals surface area contributed by atoms with Gasteiger partial charge in [0.05, 0.1) is 17.5 Å². The molecule has 0 aromatic heterocycles. The molecule has 262 valence electrons. The first-order valence-electron chi connectivity index (χ1n) is 16.5. The second kappa shape index (κ2) is 15.9. The predicted molar refractivity (Wildman–Crippen MR) is 192 cm³/mol. The van der Waals surface area contributed by atoms with Crippen LogP contribution in [-0.4, -0.2) is 65.7 Å². The van der Waals surface area contributed by atoms with E-state index in [9.17, 15) is 24.0 Å². The number of aryl methyl sites for hydroxylation is 1. The molecule has 0 saturated carbocycles. The zero-order chi connectivity index (χ0) is 35.9. The van der Waals surface area contributed by atoms with Gasteiger partial charge in [-0.25, -0.2) is 0 Å². The standard InChI is InChI=1S/C37H48N6O5S/c1-22(40-4)32(45)43-30(36(2,3)49-5)34(47)42-29(33(46)41-28-12-8-10-24-9-6-7-11-27(24)28)21-23-13-15-26(16-14-23)37(35(39)48)19-17-25(18-20-37)31(38)44/h6-7,9,11,13-19,22,28-30,40H,8,10,12,20-21H2,1-5H3,(H2,38,44)(H2,39,48)(H,41,46)(H,42,47)(H,43,45)/t22-,28+,29-,30+,37?/m0/s1. The topological polar surface area (TPSA) is 186 Å². The van der Waals surface area contributed by atoms with E-state index in [2.05, 4.69) is 27.3 Å². The van der Waals surface area contributed by atoms with E-state index in [0.29, 0.717) is 11.1 Å². The van der Waals surface area contributed by atoms with Crippen LogP contribution in [-0.2, 0) is 42.2 Å². The minimum atomic E-state index is -1.17. The van der Waals surface area contributed by atoms with Crippen molar-refractivity contribution in [1.82, 2.24) is 21.3 Å². The maximum Gasteiger partial charge on any atom is 0.248 e. The maximum atomic E-state index is 14.1. The summed E-state index contributed by atoms with van der Waals surface area (Å²) in [5.74, 6) is -2.33. The molecule has 0 fully saturated rings. The molecule has 5 atom stereocenters. The van der Waals surface area contributed by atoms with Gasteiger partial charge in [-0.15, -0.1) is 0 Å². The number of benzene rings is 2. The van der Waals surface area contributed by atoms with Crippen LogP contribution in [0.25, 0.3) is 0 Å². The molecule has 4 rings (SSSR count). The Labute approximate surface area is 292 Å². The first-order chi connectivity index (χ1) is 23.2. The number of carbonyl (C=O) groups is 5. The molecule has 5 amide bonds. The Bertz CT molecular complexity index is 1640. The van der Waals surface area contributed by atoms with Crippen molar-refractivity contribution < 1.29 is 24.0 Å². The molecule has 2 aliphatic carbocycles. The smallest absolute Gasteiger partial charge is 0.248 e. The second-order valence-electron chi connectivity index (χ2n) is 13.3. The largest absolute Gasteiger partial charge is 0.369 e. The van der Waals surface area contributed by atoms with Crippen LogP contribution in [0.15, 0.2) is 72.3 Å². The summed E-state index contributed by atoms with van der Waals surface area (Å²) in [5.41, 5.74) is 14.0. The molecular formula is C37H48N6O5S. The molecule has 8 N–H and O–H groups in total. The van der Waals surface area contributed by atoms with Gasteiger partial charge in [0.2, 0.25) is 29.5 Å². The van der Waals surface area contributed by atoms with Crippen LogP contribution < -0.4 is 32.7 Å². The van der Waals surface area contributed by atoms with Gasteiger partial charge in [0, 0.05) is 16.7 Å². The number of nitrogens with two attached hydrogens (primary N) is 2. The Balaban J connectivity index is 1.63. The van der Waals surface area contributed by atoms with Crippen LogP contribution in [0.3, 0.4) is 0 Å². The Morgan fingerprint density at radius 1 is 0.980 bits per heavy atom. The van der Waals surface area contributed by atoms with E-state index in [1.54, 1.807) is 50.4 Å². The molecule has 2 aliphatic rings. The summed E-state index contributed by atoms with van der Waals surface area (Å²) in [5, 5.41) is 11.9. The highest BCUT2D eigenvalue weighted by Gasteiger charge is 2.40. The van der Waals surface area contributed by atoms with Gasteiger partial charge in [0.25, 0.3) is 0 Å². The molecule has 11 nitrogen and oxygen atoms in total. The van der Waals surface area contributed by atoms with Crippen LogP contribution >= 0.6 is 11.8 Å². The number of hydrogen-bond donors (Lipinski definition) is 6. The monoisotopic (exact) mass is 688 g/mol. The number of primary amides is 2. The van der Waals surface area contributed by atoms with Gasteiger partial charge in [0.1, 0.15) is 12.1 Å². The van der Waals surface area contributed by atoms with Gasteiger partial charge in [0.15, 0.2) is 0 Å². The lowest BCUT2D eigenvalue weighted by Crippen LogP contribution is -2.61. The van der Waals surface area contributed by atoms with Crippen LogP contribution in [0.2, 0.25) is 0 Å². The van der Waals surface area contributed by atoms with Crippen molar-refractivity contribution in [3.63, 3.8) is 0 Å². The average molecular weight is 689 g/mol. The molecule has 0 radical (unpaired) electrons. The minimum Gasteiger partial charge on any atom is -0.369 e. The number of amides is 5. The Hall–Kier alpha value is -4.42. The average Bonchev–Trinajstić information content (AvgIpc) is 3.09. The van der Waals surface area contributed by atoms with Gasteiger partial charge in [-0.2, -0.15) is 11.8 Å². The van der Waals surface area contributed by atoms with Crippen LogP contribution in [0.1, 0.15) is 68.3 Å². The first-order valence-corrected chi connectivity index (χ1v) is 17.7. The van der Waals surface area contributed by atoms with Crippen molar-refractivity contribution in [2.45, 2.75) is 87.2 Å². The highest BCUT2D eigenvalue weighted by molar-refractivity contribution is 8.00. The fourth-order valence-electron chi connectivity index (χ4n) is 6.25. The zero-order valence-electron chi connectivity index (χ0n) is 28.8. The van der Waals surface area contributed by atoms with Crippen LogP contribution in [0.5, 0.6) is 0 Å². The summed E-state index contributed by atoms with van der Waals surface area (Å²) in [6.07, 6.45) is 9.52. The van der Waals surface area contributed by atoms with Crippen molar-refractivity contribution in [2.75, 3.05) is 13.3 Å².